The molecule has 1 fully saturated rings. The number of anilines is 1. The number of rotatable bonds is 7. The van der Waals surface area contributed by atoms with E-state index in [1.54, 1.807) is 12.1 Å². The molecule has 1 amide bonds. The summed E-state index contributed by atoms with van der Waals surface area (Å²) in [5, 5.41) is 2.96. The smallest absolute Gasteiger partial charge is 0.242 e. The molecule has 168 valence electrons. The first-order chi connectivity index (χ1) is 14.7. The zero-order valence-electron chi connectivity index (χ0n) is 17.3. The van der Waals surface area contributed by atoms with Crippen LogP contribution in [-0.2, 0) is 19.6 Å². The van der Waals surface area contributed by atoms with Crippen LogP contribution in [0.5, 0.6) is 0 Å². The molecule has 10 heteroatoms. The number of nitrogens with one attached hydrogen (secondary N) is 1. The minimum Gasteiger partial charge on any atom is -0.371 e. The number of morpholine rings is 1. The van der Waals surface area contributed by atoms with Crippen molar-refractivity contribution in [3.8, 4) is 0 Å². The molecule has 31 heavy (non-hydrogen) atoms. The van der Waals surface area contributed by atoms with Gasteiger partial charge in [0, 0.05) is 40.2 Å². The third kappa shape index (κ3) is 6.02. The minimum atomic E-state index is -3.64. The molecule has 0 aliphatic carbocycles. The van der Waals surface area contributed by atoms with E-state index < -0.39 is 10.0 Å². The Labute approximate surface area is 186 Å². The summed E-state index contributed by atoms with van der Waals surface area (Å²) in [5.41, 5.74) is 1.14. The molecule has 0 spiro atoms. The second-order valence-electron chi connectivity index (χ2n) is 7.44. The normalized spacial score (nSPS) is 17.6. The number of halogens is 2. The van der Waals surface area contributed by atoms with Crippen molar-refractivity contribution < 1.29 is 22.3 Å². The molecule has 1 saturated heterocycles. The Kier molecular flexibility index (Phi) is 7.66. The van der Waals surface area contributed by atoms with Crippen molar-refractivity contribution in [1.29, 1.82) is 0 Å². The van der Waals surface area contributed by atoms with Crippen LogP contribution in [0.4, 0.5) is 10.1 Å². The Morgan fingerprint density at radius 2 is 1.97 bits per heavy atom. The lowest BCUT2D eigenvalue weighted by atomic mass is 10.1. The van der Waals surface area contributed by atoms with Crippen LogP contribution in [0.1, 0.15) is 18.1 Å². The third-order valence-electron chi connectivity index (χ3n) is 5.04. The summed E-state index contributed by atoms with van der Waals surface area (Å²) < 4.78 is 44.6. The van der Waals surface area contributed by atoms with Gasteiger partial charge in [-0.05, 0) is 35.9 Å². The average Bonchev–Trinajstić information content (AvgIpc) is 2.74. The van der Waals surface area contributed by atoms with E-state index in [1.165, 1.54) is 44.4 Å². The lowest BCUT2D eigenvalue weighted by molar-refractivity contribution is -0.117. The number of carbonyl (C=O) groups excluding carboxylic acids is 1. The fourth-order valence-corrected chi connectivity index (χ4v) is 4.32. The van der Waals surface area contributed by atoms with E-state index in [2.05, 4.69) is 10.2 Å². The number of amides is 1. The van der Waals surface area contributed by atoms with Gasteiger partial charge in [-0.25, -0.2) is 17.1 Å². The van der Waals surface area contributed by atoms with Crippen LogP contribution in [0.3, 0.4) is 0 Å². The predicted molar refractivity (Wildman–Crippen MR) is 117 cm³/mol. The molecule has 3 rings (SSSR count). The summed E-state index contributed by atoms with van der Waals surface area (Å²) in [4.78, 5) is 14.6. The molecule has 7 nitrogen and oxygen atoms in total. The zero-order valence-corrected chi connectivity index (χ0v) is 18.9. The first-order valence-corrected chi connectivity index (χ1v) is 11.6. The van der Waals surface area contributed by atoms with Crippen LogP contribution in [0.2, 0.25) is 5.02 Å². The molecule has 1 atom stereocenters. The van der Waals surface area contributed by atoms with Crippen LogP contribution in [0.25, 0.3) is 0 Å². The summed E-state index contributed by atoms with van der Waals surface area (Å²) >= 11 is 6.14. The van der Waals surface area contributed by atoms with Gasteiger partial charge in [0.2, 0.25) is 15.9 Å². The van der Waals surface area contributed by atoms with Gasteiger partial charge in [-0.2, -0.15) is 0 Å². The zero-order chi connectivity index (χ0) is 22.6. The number of hydrogen-bond donors (Lipinski definition) is 1. The van der Waals surface area contributed by atoms with E-state index in [0.29, 0.717) is 26.2 Å². The molecule has 2 aromatic carbocycles. The van der Waals surface area contributed by atoms with Crippen LogP contribution in [0, 0.1) is 5.82 Å². The highest BCUT2D eigenvalue weighted by Gasteiger charge is 2.23. The Morgan fingerprint density at radius 3 is 2.65 bits per heavy atom. The van der Waals surface area contributed by atoms with Gasteiger partial charge in [0.25, 0.3) is 0 Å². The quantitative estimate of drug-likeness (QED) is 0.674. The van der Waals surface area contributed by atoms with Gasteiger partial charge in [-0.1, -0.05) is 23.7 Å². The minimum absolute atomic E-state index is 0.0486. The second kappa shape index (κ2) is 10.1. The molecule has 1 unspecified atom stereocenters. The molecule has 1 aliphatic heterocycles. The SMILES string of the molecule is CN(C)S(=O)(=O)c1ccc(Cl)c(NC(=O)CCN2CCOC(c3ccc(F)cc3)C2)c1. The molecule has 0 radical (unpaired) electrons. The summed E-state index contributed by atoms with van der Waals surface area (Å²) in [6.45, 7) is 2.29. The number of ether oxygens (including phenoxy) is 1. The molecule has 1 N–H and O–H groups in total. The molecule has 0 bridgehead atoms. The maximum atomic E-state index is 13.1. The highest BCUT2D eigenvalue weighted by molar-refractivity contribution is 7.89. The maximum Gasteiger partial charge on any atom is 0.242 e. The Morgan fingerprint density at radius 1 is 1.26 bits per heavy atom. The molecule has 1 aliphatic rings. The highest BCUT2D eigenvalue weighted by Crippen LogP contribution is 2.27. The molecule has 2 aromatic rings. The van der Waals surface area contributed by atoms with Gasteiger partial charge < -0.3 is 10.1 Å². The molecular formula is C21H25ClFN3O4S. The summed E-state index contributed by atoms with van der Waals surface area (Å²) in [6, 6.07) is 10.4. The van der Waals surface area contributed by atoms with Gasteiger partial charge >= 0.3 is 0 Å². The van der Waals surface area contributed by atoms with Crippen molar-refractivity contribution in [2.24, 2.45) is 0 Å². The Bertz CT molecular complexity index is 1030. The first-order valence-electron chi connectivity index (χ1n) is 9.78. The number of sulfonamides is 1. The molecule has 0 saturated carbocycles. The number of nitrogens with zero attached hydrogens (tertiary/aromatic N) is 2. The van der Waals surface area contributed by atoms with Gasteiger partial charge in [-0.15, -0.1) is 0 Å². The fraction of sp³-hybridized carbons (Fsp3) is 0.381. The van der Waals surface area contributed by atoms with Crippen molar-refractivity contribution in [1.82, 2.24) is 9.21 Å². The van der Waals surface area contributed by atoms with E-state index in [1.807, 2.05) is 0 Å². The van der Waals surface area contributed by atoms with E-state index in [-0.39, 0.29) is 39.9 Å². The molecule has 1 heterocycles. The van der Waals surface area contributed by atoms with Gasteiger partial charge in [0.05, 0.1) is 28.3 Å². The fourth-order valence-electron chi connectivity index (χ4n) is 3.23. The number of benzene rings is 2. The Balaban J connectivity index is 1.58. The van der Waals surface area contributed by atoms with Crippen LogP contribution >= 0.6 is 11.6 Å². The average molecular weight is 470 g/mol. The van der Waals surface area contributed by atoms with Crippen molar-refractivity contribution in [2.75, 3.05) is 45.7 Å². The van der Waals surface area contributed by atoms with Crippen molar-refractivity contribution >= 4 is 33.2 Å². The van der Waals surface area contributed by atoms with Gasteiger partial charge in [0.1, 0.15) is 5.82 Å². The van der Waals surface area contributed by atoms with Crippen LogP contribution in [-0.4, -0.2) is 63.9 Å². The maximum absolute atomic E-state index is 13.1. The van der Waals surface area contributed by atoms with E-state index in [9.17, 15) is 17.6 Å². The standard InChI is InChI=1S/C21H25ClFN3O4S/c1-25(2)31(28,29)17-7-8-18(22)19(13-17)24-21(27)9-10-26-11-12-30-20(14-26)15-3-5-16(23)6-4-15/h3-8,13,20H,9-12,14H2,1-2H3,(H,24,27). The first kappa shape index (κ1) is 23.6. The van der Waals surface area contributed by atoms with E-state index in [4.69, 9.17) is 16.3 Å². The monoisotopic (exact) mass is 469 g/mol. The lowest BCUT2D eigenvalue weighted by Crippen LogP contribution is -2.39. The highest BCUT2D eigenvalue weighted by atomic mass is 35.5. The van der Waals surface area contributed by atoms with Crippen LogP contribution < -0.4 is 5.32 Å². The van der Waals surface area contributed by atoms with Crippen molar-refractivity contribution in [3.63, 3.8) is 0 Å². The molecular weight excluding hydrogens is 445 g/mol. The predicted octanol–water partition coefficient (Wildman–Crippen LogP) is 3.13. The third-order valence-corrected chi connectivity index (χ3v) is 7.18. The lowest BCUT2D eigenvalue weighted by Gasteiger charge is -2.33. The van der Waals surface area contributed by atoms with Crippen molar-refractivity contribution in [3.05, 3.63) is 58.9 Å². The topological polar surface area (TPSA) is 79.0 Å². The Hall–Kier alpha value is -2.04. The van der Waals surface area contributed by atoms with Gasteiger partial charge in [-0.3, -0.25) is 9.69 Å². The summed E-state index contributed by atoms with van der Waals surface area (Å²) in [7, 11) is -0.770. The van der Waals surface area contributed by atoms with E-state index in [0.717, 1.165) is 9.87 Å². The van der Waals surface area contributed by atoms with Crippen molar-refractivity contribution in [2.45, 2.75) is 17.4 Å². The van der Waals surface area contributed by atoms with Crippen LogP contribution in [0.15, 0.2) is 47.4 Å². The second-order valence-corrected chi connectivity index (χ2v) is 10.00. The number of hydrogen-bond acceptors (Lipinski definition) is 5. The number of carbonyl (C=O) groups is 1. The summed E-state index contributed by atoms with van der Waals surface area (Å²) in [5.74, 6) is -0.569. The molecule has 0 aromatic heterocycles. The van der Waals surface area contributed by atoms with Gasteiger partial charge in [0.15, 0.2) is 0 Å². The summed E-state index contributed by atoms with van der Waals surface area (Å²) in [6.07, 6.45) is 0.0247. The van der Waals surface area contributed by atoms with E-state index >= 15 is 0 Å². The largest absolute Gasteiger partial charge is 0.371 e.